The van der Waals surface area contributed by atoms with Crippen LogP contribution in [0.15, 0.2) is 51.8 Å². The molecule has 4 aromatic rings. The Bertz CT molecular complexity index is 1330. The molecule has 8 nitrogen and oxygen atoms in total. The van der Waals surface area contributed by atoms with Crippen molar-refractivity contribution in [2.45, 2.75) is 20.0 Å². The molecule has 0 atom stereocenters. The topological polar surface area (TPSA) is 105 Å². The number of halogens is 3. The van der Waals surface area contributed by atoms with Gasteiger partial charge in [0.15, 0.2) is 5.58 Å². The molecule has 0 aliphatic heterocycles. The first-order valence-corrected chi connectivity index (χ1v) is 9.57. The molecule has 0 unspecified atom stereocenters. The molecule has 0 aliphatic carbocycles. The van der Waals surface area contributed by atoms with Gasteiger partial charge in [0.05, 0.1) is 17.7 Å². The first-order valence-electron chi connectivity index (χ1n) is 9.57. The summed E-state index contributed by atoms with van der Waals surface area (Å²) in [4.78, 5) is 22.4. The maximum absolute atomic E-state index is 13.4. The zero-order valence-electron chi connectivity index (χ0n) is 17.0. The Balaban J connectivity index is 1.60. The van der Waals surface area contributed by atoms with Crippen molar-refractivity contribution in [2.75, 3.05) is 17.2 Å². The smallest absolute Gasteiger partial charge is 0.420 e. The van der Waals surface area contributed by atoms with E-state index in [-0.39, 0.29) is 24.0 Å². The lowest BCUT2D eigenvalue weighted by Crippen LogP contribution is -2.10. The van der Waals surface area contributed by atoms with Crippen LogP contribution in [0.4, 0.5) is 36.3 Å². The molecule has 0 aliphatic rings. The summed E-state index contributed by atoms with van der Waals surface area (Å²) in [6.07, 6.45) is -3.04. The van der Waals surface area contributed by atoms with Crippen molar-refractivity contribution in [1.29, 1.82) is 0 Å². The number of nitrogens with one attached hydrogen (secondary N) is 3. The lowest BCUT2D eigenvalue weighted by molar-refractivity contribution is -0.138. The van der Waals surface area contributed by atoms with E-state index in [0.717, 1.165) is 6.07 Å². The summed E-state index contributed by atoms with van der Waals surface area (Å²) >= 11 is 0. The first kappa shape index (κ1) is 21.2. The van der Waals surface area contributed by atoms with Crippen LogP contribution in [-0.2, 0) is 6.18 Å². The number of hydrogen-bond acceptors (Lipinski definition) is 7. The second-order valence-electron chi connectivity index (χ2n) is 6.84. The number of benzene rings is 2. The number of aromatic amines is 1. The first-order chi connectivity index (χ1) is 15.2. The standard InChI is InChI=1S/C21H18F3N5O3/c1-3-31-16-6-4-12(8-14(16)21(22,23)24)27-19-25-10-11(2)18(29-19)26-13-5-7-17-15(9-13)28-20(30)32-17/h4-10H,3H2,1-2H3,(H,28,30)(H2,25,26,27,29). The van der Waals surface area contributed by atoms with Gasteiger partial charge in [-0.1, -0.05) is 0 Å². The number of fused-ring (bicyclic) bond motifs is 1. The predicted molar refractivity (Wildman–Crippen MR) is 113 cm³/mol. The van der Waals surface area contributed by atoms with Crippen LogP contribution in [-0.4, -0.2) is 21.6 Å². The van der Waals surface area contributed by atoms with E-state index in [1.807, 2.05) is 0 Å². The van der Waals surface area contributed by atoms with Crippen molar-refractivity contribution in [3.05, 3.63) is 64.3 Å². The zero-order valence-corrected chi connectivity index (χ0v) is 17.0. The highest BCUT2D eigenvalue weighted by Gasteiger charge is 2.34. The Morgan fingerprint density at radius 2 is 1.88 bits per heavy atom. The number of aryl methyl sites for hydroxylation is 1. The normalized spacial score (nSPS) is 11.5. The number of H-pyrrole nitrogens is 1. The van der Waals surface area contributed by atoms with E-state index in [1.54, 1.807) is 32.0 Å². The van der Waals surface area contributed by atoms with Gasteiger partial charge in [0.2, 0.25) is 5.95 Å². The third-order valence-electron chi connectivity index (χ3n) is 4.49. The van der Waals surface area contributed by atoms with Crippen molar-refractivity contribution in [1.82, 2.24) is 15.0 Å². The molecule has 0 amide bonds. The molecular weight excluding hydrogens is 427 g/mol. The Morgan fingerprint density at radius 1 is 1.12 bits per heavy atom. The second-order valence-corrected chi connectivity index (χ2v) is 6.84. The predicted octanol–water partition coefficient (Wildman–Crippen LogP) is 5.12. The van der Waals surface area contributed by atoms with Gasteiger partial charge in [-0.15, -0.1) is 0 Å². The summed E-state index contributed by atoms with van der Waals surface area (Å²) in [5.74, 6) is -0.260. The van der Waals surface area contributed by atoms with Gasteiger partial charge in [-0.05, 0) is 50.2 Å². The van der Waals surface area contributed by atoms with Crippen LogP contribution >= 0.6 is 0 Å². The summed E-state index contributed by atoms with van der Waals surface area (Å²) in [7, 11) is 0. The molecule has 0 bridgehead atoms. The van der Waals surface area contributed by atoms with Gasteiger partial charge in [0.25, 0.3) is 0 Å². The maximum atomic E-state index is 13.4. The van der Waals surface area contributed by atoms with E-state index in [9.17, 15) is 18.0 Å². The number of ether oxygens (including phenoxy) is 1. The lowest BCUT2D eigenvalue weighted by Gasteiger charge is -2.15. The van der Waals surface area contributed by atoms with E-state index in [0.29, 0.717) is 28.2 Å². The van der Waals surface area contributed by atoms with Gasteiger partial charge in [-0.25, -0.2) is 9.78 Å². The summed E-state index contributed by atoms with van der Waals surface area (Å²) in [5.41, 5.74) is 1.53. The molecule has 2 heterocycles. The van der Waals surface area contributed by atoms with Gasteiger partial charge in [0, 0.05) is 23.1 Å². The molecule has 0 fully saturated rings. The van der Waals surface area contributed by atoms with Gasteiger partial charge in [0.1, 0.15) is 11.6 Å². The number of oxazole rings is 1. The van der Waals surface area contributed by atoms with Crippen LogP contribution in [0.25, 0.3) is 11.1 Å². The Morgan fingerprint density at radius 3 is 2.62 bits per heavy atom. The second kappa shape index (κ2) is 8.25. The summed E-state index contributed by atoms with van der Waals surface area (Å²) < 4.78 is 50.2. The van der Waals surface area contributed by atoms with Crippen molar-refractivity contribution < 1.29 is 22.3 Å². The molecule has 3 N–H and O–H groups in total. The number of nitrogens with zero attached hydrogens (tertiary/aromatic N) is 2. The summed E-state index contributed by atoms with van der Waals surface area (Å²) in [6, 6.07) is 8.67. The average molecular weight is 445 g/mol. The van der Waals surface area contributed by atoms with Crippen LogP contribution < -0.4 is 21.1 Å². The van der Waals surface area contributed by atoms with E-state index < -0.39 is 17.5 Å². The summed E-state index contributed by atoms with van der Waals surface area (Å²) in [6.45, 7) is 3.51. The van der Waals surface area contributed by atoms with Gasteiger partial charge in [-0.2, -0.15) is 18.2 Å². The molecule has 0 saturated heterocycles. The van der Waals surface area contributed by atoms with E-state index in [1.165, 1.54) is 18.3 Å². The molecule has 2 aromatic heterocycles. The number of aromatic nitrogens is 3. The molecule has 4 rings (SSSR count). The zero-order chi connectivity index (χ0) is 22.9. The molecule has 166 valence electrons. The Kier molecular flexibility index (Phi) is 5.47. The SMILES string of the molecule is CCOc1ccc(Nc2ncc(C)c(Nc3ccc4oc(=O)[nH]c4c3)n2)cc1C(F)(F)F. The minimum absolute atomic E-state index is 0.105. The Hall–Kier alpha value is -4.02. The molecular formula is C21H18F3N5O3. The van der Waals surface area contributed by atoms with Gasteiger partial charge >= 0.3 is 11.9 Å². The van der Waals surface area contributed by atoms with Crippen LogP contribution in [0.1, 0.15) is 18.1 Å². The van der Waals surface area contributed by atoms with Crippen molar-refractivity contribution in [2.24, 2.45) is 0 Å². The molecule has 2 aromatic carbocycles. The average Bonchev–Trinajstić information content (AvgIpc) is 3.10. The number of anilines is 4. The monoisotopic (exact) mass is 445 g/mol. The van der Waals surface area contributed by atoms with E-state index in [2.05, 4.69) is 25.6 Å². The van der Waals surface area contributed by atoms with E-state index >= 15 is 0 Å². The third-order valence-corrected chi connectivity index (χ3v) is 4.49. The maximum Gasteiger partial charge on any atom is 0.420 e. The van der Waals surface area contributed by atoms with Crippen LogP contribution in [0.5, 0.6) is 5.75 Å². The highest BCUT2D eigenvalue weighted by molar-refractivity contribution is 5.78. The fraction of sp³-hybridized carbons (Fsp3) is 0.190. The highest BCUT2D eigenvalue weighted by atomic mass is 19.4. The lowest BCUT2D eigenvalue weighted by atomic mass is 10.1. The molecule has 32 heavy (non-hydrogen) atoms. The largest absolute Gasteiger partial charge is 0.493 e. The molecule has 0 spiro atoms. The highest BCUT2D eigenvalue weighted by Crippen LogP contribution is 2.38. The molecule has 0 saturated carbocycles. The Labute approximate surface area is 179 Å². The van der Waals surface area contributed by atoms with Crippen LogP contribution in [0, 0.1) is 6.92 Å². The van der Waals surface area contributed by atoms with Crippen LogP contribution in [0.2, 0.25) is 0 Å². The van der Waals surface area contributed by atoms with Crippen LogP contribution in [0.3, 0.4) is 0 Å². The van der Waals surface area contributed by atoms with Crippen molar-refractivity contribution >= 4 is 34.2 Å². The van der Waals surface area contributed by atoms with Crippen molar-refractivity contribution in [3.8, 4) is 5.75 Å². The minimum Gasteiger partial charge on any atom is -0.493 e. The quantitative estimate of drug-likeness (QED) is 0.378. The van der Waals surface area contributed by atoms with E-state index in [4.69, 9.17) is 9.15 Å². The number of rotatable bonds is 6. The fourth-order valence-electron chi connectivity index (χ4n) is 3.04. The number of alkyl halides is 3. The van der Waals surface area contributed by atoms with Crippen molar-refractivity contribution in [3.63, 3.8) is 0 Å². The van der Waals surface area contributed by atoms with Gasteiger partial charge in [-0.3, -0.25) is 4.98 Å². The van der Waals surface area contributed by atoms with Gasteiger partial charge < -0.3 is 19.8 Å². The minimum atomic E-state index is -4.57. The molecule has 0 radical (unpaired) electrons. The fourth-order valence-corrected chi connectivity index (χ4v) is 3.04. The molecule has 11 heteroatoms. The third kappa shape index (κ3) is 4.51. The number of hydrogen-bond donors (Lipinski definition) is 3. The summed E-state index contributed by atoms with van der Waals surface area (Å²) in [5, 5.41) is 5.90.